The van der Waals surface area contributed by atoms with E-state index >= 15 is 0 Å². The minimum absolute atomic E-state index is 0.383. The first-order chi connectivity index (χ1) is 11.6. The molecule has 1 unspecified atom stereocenters. The van der Waals surface area contributed by atoms with Gasteiger partial charge in [-0.25, -0.2) is 4.79 Å². The Morgan fingerprint density at radius 3 is 2.42 bits per heavy atom. The van der Waals surface area contributed by atoms with E-state index in [0.29, 0.717) is 18.4 Å². The molecule has 24 heavy (non-hydrogen) atoms. The minimum atomic E-state index is -0.824. The maximum atomic E-state index is 11.9. The molecular formula is C20H20O4. The summed E-state index contributed by atoms with van der Waals surface area (Å²) in [7, 11) is 1.36. The van der Waals surface area contributed by atoms with Crippen LogP contribution in [-0.2, 0) is 16.0 Å². The van der Waals surface area contributed by atoms with Crippen LogP contribution in [0.15, 0.2) is 61.2 Å². The summed E-state index contributed by atoms with van der Waals surface area (Å²) in [5.74, 6) is -1.68. The number of methoxy groups -OCH3 is 1. The van der Waals surface area contributed by atoms with E-state index in [-0.39, 0.29) is 5.97 Å². The Hall–Kier alpha value is -2.88. The zero-order valence-electron chi connectivity index (χ0n) is 13.6. The highest BCUT2D eigenvalue weighted by Crippen LogP contribution is 2.25. The van der Waals surface area contributed by atoms with Gasteiger partial charge in [-0.3, -0.25) is 4.79 Å². The number of carboxylic acid groups (broad SMARTS) is 1. The summed E-state index contributed by atoms with van der Waals surface area (Å²) in [6.45, 7) is 3.61. The van der Waals surface area contributed by atoms with Gasteiger partial charge >= 0.3 is 11.9 Å². The minimum Gasteiger partial charge on any atom is -0.481 e. The zero-order chi connectivity index (χ0) is 17.5. The number of carbonyl (C=O) groups is 2. The van der Waals surface area contributed by atoms with Crippen molar-refractivity contribution in [3.05, 3.63) is 72.3 Å². The second kappa shape index (κ2) is 8.11. The maximum Gasteiger partial charge on any atom is 0.338 e. The van der Waals surface area contributed by atoms with Gasteiger partial charge < -0.3 is 9.84 Å². The number of rotatable bonds is 7. The highest BCUT2D eigenvalue weighted by molar-refractivity contribution is 5.97. The van der Waals surface area contributed by atoms with Crippen molar-refractivity contribution < 1.29 is 19.4 Å². The molecule has 0 saturated heterocycles. The molecule has 0 amide bonds. The molecule has 0 fully saturated rings. The van der Waals surface area contributed by atoms with Gasteiger partial charge in [0, 0.05) is 0 Å². The van der Waals surface area contributed by atoms with Crippen LogP contribution in [0.3, 0.4) is 0 Å². The number of hydrogen-bond acceptors (Lipinski definition) is 3. The molecule has 2 rings (SSSR count). The number of allylic oxidation sites excluding steroid dienone is 1. The fourth-order valence-corrected chi connectivity index (χ4v) is 2.60. The van der Waals surface area contributed by atoms with Gasteiger partial charge in [0.25, 0.3) is 0 Å². The topological polar surface area (TPSA) is 63.6 Å². The second-order valence-corrected chi connectivity index (χ2v) is 5.50. The van der Waals surface area contributed by atoms with Crippen molar-refractivity contribution in [1.29, 1.82) is 0 Å². The first kappa shape index (κ1) is 17.5. The highest BCUT2D eigenvalue weighted by atomic mass is 16.5. The van der Waals surface area contributed by atoms with E-state index in [2.05, 4.69) is 6.58 Å². The standard InChI is InChI=1S/C20H20O4/c1-3-6-16(19(21)22)13-14-9-11-15(12-10-14)17-7-4-5-8-18(17)20(23)24-2/h3-5,7-12,16H,1,6,13H2,2H3,(H,21,22). The molecule has 4 nitrogen and oxygen atoms in total. The van der Waals surface area contributed by atoms with Crippen LogP contribution < -0.4 is 0 Å². The third kappa shape index (κ3) is 4.10. The van der Waals surface area contributed by atoms with Crippen molar-refractivity contribution in [3.63, 3.8) is 0 Å². The summed E-state index contributed by atoms with van der Waals surface area (Å²) in [6, 6.07) is 14.8. The lowest BCUT2D eigenvalue weighted by molar-refractivity contribution is -0.141. The van der Waals surface area contributed by atoms with Gasteiger partial charge in [-0.15, -0.1) is 6.58 Å². The third-order valence-corrected chi connectivity index (χ3v) is 3.88. The first-order valence-corrected chi connectivity index (χ1v) is 7.67. The van der Waals surface area contributed by atoms with Gasteiger partial charge in [0.05, 0.1) is 18.6 Å². The zero-order valence-corrected chi connectivity index (χ0v) is 13.6. The predicted octanol–water partition coefficient (Wildman–Crippen LogP) is 3.96. The number of benzene rings is 2. The molecule has 2 aromatic carbocycles. The van der Waals surface area contributed by atoms with Gasteiger partial charge in [-0.1, -0.05) is 48.5 Å². The maximum absolute atomic E-state index is 11.9. The Kier molecular flexibility index (Phi) is 5.90. The van der Waals surface area contributed by atoms with Crippen LogP contribution in [0.4, 0.5) is 0 Å². The molecule has 0 radical (unpaired) electrons. The fraction of sp³-hybridized carbons (Fsp3) is 0.200. The molecule has 1 atom stereocenters. The monoisotopic (exact) mass is 324 g/mol. The van der Waals surface area contributed by atoms with Crippen molar-refractivity contribution in [2.75, 3.05) is 7.11 Å². The molecule has 1 N–H and O–H groups in total. The molecular weight excluding hydrogens is 304 g/mol. The lowest BCUT2D eigenvalue weighted by Crippen LogP contribution is -2.15. The van der Waals surface area contributed by atoms with Crippen molar-refractivity contribution >= 4 is 11.9 Å². The number of esters is 1. The summed E-state index contributed by atoms with van der Waals surface area (Å²) in [5, 5.41) is 9.22. The largest absolute Gasteiger partial charge is 0.481 e. The van der Waals surface area contributed by atoms with E-state index in [1.807, 2.05) is 36.4 Å². The van der Waals surface area contributed by atoms with E-state index in [4.69, 9.17) is 4.74 Å². The third-order valence-electron chi connectivity index (χ3n) is 3.88. The lowest BCUT2D eigenvalue weighted by atomic mass is 9.94. The summed E-state index contributed by atoms with van der Waals surface area (Å²) >= 11 is 0. The summed E-state index contributed by atoms with van der Waals surface area (Å²) < 4.78 is 4.81. The first-order valence-electron chi connectivity index (χ1n) is 7.67. The Morgan fingerprint density at radius 1 is 1.17 bits per heavy atom. The smallest absolute Gasteiger partial charge is 0.338 e. The van der Waals surface area contributed by atoms with Crippen LogP contribution in [0.2, 0.25) is 0 Å². The average Bonchev–Trinajstić information content (AvgIpc) is 2.61. The molecule has 0 spiro atoms. The van der Waals surface area contributed by atoms with E-state index in [1.54, 1.807) is 18.2 Å². The average molecular weight is 324 g/mol. The quantitative estimate of drug-likeness (QED) is 0.618. The molecule has 4 heteroatoms. The van der Waals surface area contributed by atoms with Crippen molar-refractivity contribution in [3.8, 4) is 11.1 Å². The molecule has 0 aromatic heterocycles. The predicted molar refractivity (Wildman–Crippen MR) is 92.9 cm³/mol. The van der Waals surface area contributed by atoms with Crippen LogP contribution in [0.1, 0.15) is 22.3 Å². The number of ether oxygens (including phenoxy) is 1. The molecule has 0 saturated carbocycles. The normalized spacial score (nSPS) is 11.5. The van der Waals surface area contributed by atoms with E-state index < -0.39 is 11.9 Å². The summed E-state index contributed by atoms with van der Waals surface area (Å²) in [5.41, 5.74) is 3.11. The van der Waals surface area contributed by atoms with Gasteiger partial charge in [0.2, 0.25) is 0 Å². The number of hydrogen-bond donors (Lipinski definition) is 1. The summed E-state index contributed by atoms with van der Waals surface area (Å²) in [4.78, 5) is 23.1. The molecule has 0 bridgehead atoms. The van der Waals surface area contributed by atoms with Crippen LogP contribution >= 0.6 is 0 Å². The molecule has 0 aliphatic carbocycles. The van der Waals surface area contributed by atoms with Gasteiger partial charge in [0.15, 0.2) is 0 Å². The Morgan fingerprint density at radius 2 is 1.83 bits per heavy atom. The van der Waals surface area contributed by atoms with Crippen LogP contribution in [0.25, 0.3) is 11.1 Å². The van der Waals surface area contributed by atoms with E-state index in [0.717, 1.165) is 16.7 Å². The van der Waals surface area contributed by atoms with Gasteiger partial charge in [0.1, 0.15) is 0 Å². The number of carboxylic acids is 1. The molecule has 2 aromatic rings. The molecule has 0 aliphatic heterocycles. The summed E-state index contributed by atoms with van der Waals surface area (Å²) in [6.07, 6.45) is 2.50. The van der Waals surface area contributed by atoms with Gasteiger partial charge in [-0.05, 0) is 35.6 Å². The van der Waals surface area contributed by atoms with Crippen LogP contribution in [0.5, 0.6) is 0 Å². The van der Waals surface area contributed by atoms with E-state index in [1.165, 1.54) is 7.11 Å². The second-order valence-electron chi connectivity index (χ2n) is 5.50. The Balaban J connectivity index is 2.25. The van der Waals surface area contributed by atoms with Crippen molar-refractivity contribution in [1.82, 2.24) is 0 Å². The number of aliphatic carboxylic acids is 1. The molecule has 0 aliphatic rings. The molecule has 124 valence electrons. The Labute approximate surface area is 141 Å². The van der Waals surface area contributed by atoms with Crippen LogP contribution in [0, 0.1) is 5.92 Å². The van der Waals surface area contributed by atoms with Gasteiger partial charge in [-0.2, -0.15) is 0 Å². The van der Waals surface area contributed by atoms with E-state index in [9.17, 15) is 14.7 Å². The van der Waals surface area contributed by atoms with Crippen LogP contribution in [-0.4, -0.2) is 24.2 Å². The highest BCUT2D eigenvalue weighted by Gasteiger charge is 2.17. The molecule has 0 heterocycles. The number of carbonyl (C=O) groups excluding carboxylic acids is 1. The Bertz CT molecular complexity index is 732. The SMILES string of the molecule is C=CCC(Cc1ccc(-c2ccccc2C(=O)OC)cc1)C(=O)O. The lowest BCUT2D eigenvalue weighted by Gasteiger charge is -2.12. The van der Waals surface area contributed by atoms with Crippen molar-refractivity contribution in [2.24, 2.45) is 5.92 Å². The van der Waals surface area contributed by atoms with Crippen molar-refractivity contribution in [2.45, 2.75) is 12.8 Å². The fourth-order valence-electron chi connectivity index (χ4n) is 2.60.